The van der Waals surface area contributed by atoms with Gasteiger partial charge >= 0.3 is 0 Å². The fourth-order valence-electron chi connectivity index (χ4n) is 2.15. The number of hydrogen-bond acceptors (Lipinski definition) is 3. The van der Waals surface area contributed by atoms with Crippen molar-refractivity contribution >= 4 is 11.6 Å². The van der Waals surface area contributed by atoms with Crippen LogP contribution in [0.3, 0.4) is 0 Å². The van der Waals surface area contributed by atoms with Gasteiger partial charge in [0.25, 0.3) is 0 Å². The van der Waals surface area contributed by atoms with Gasteiger partial charge in [0.15, 0.2) is 0 Å². The van der Waals surface area contributed by atoms with Gasteiger partial charge in [-0.05, 0) is 30.7 Å². The first-order valence-electron chi connectivity index (χ1n) is 5.71. The number of carbonyl (C=O) groups excluding carboxylic acids is 1. The second kappa shape index (κ2) is 4.98. The van der Waals surface area contributed by atoms with Crippen LogP contribution in [0.2, 0.25) is 0 Å². The summed E-state index contributed by atoms with van der Waals surface area (Å²) in [5.41, 5.74) is 3.09. The summed E-state index contributed by atoms with van der Waals surface area (Å²) in [6.45, 7) is 0. The van der Waals surface area contributed by atoms with Crippen LogP contribution < -0.4 is 10.6 Å². The highest BCUT2D eigenvalue weighted by atomic mass is 16.1. The van der Waals surface area contributed by atoms with Crippen molar-refractivity contribution in [2.24, 2.45) is 0 Å². The molecule has 17 heavy (non-hydrogen) atoms. The molecule has 0 saturated carbocycles. The molecule has 0 aromatic heterocycles. The lowest BCUT2D eigenvalue weighted by molar-refractivity contribution is -0.115. The van der Waals surface area contributed by atoms with E-state index in [-0.39, 0.29) is 11.9 Å². The Morgan fingerprint density at radius 2 is 2.41 bits per heavy atom. The number of hydrogen-bond donors (Lipinski definition) is 2. The van der Waals surface area contributed by atoms with Crippen molar-refractivity contribution in [1.29, 1.82) is 5.26 Å². The molecule has 1 aliphatic rings. The maximum atomic E-state index is 11.3. The lowest BCUT2D eigenvalue weighted by Gasteiger charge is -2.16. The van der Waals surface area contributed by atoms with Crippen LogP contribution in [-0.2, 0) is 11.2 Å². The molecule has 0 spiro atoms. The normalized spacial score (nSPS) is 14.9. The number of rotatable bonds is 4. The molecule has 0 fully saturated rings. The van der Waals surface area contributed by atoms with E-state index in [9.17, 15) is 4.79 Å². The number of amides is 1. The number of nitriles is 1. The zero-order chi connectivity index (χ0) is 12.3. The Kier molecular flexibility index (Phi) is 3.40. The van der Waals surface area contributed by atoms with E-state index in [1.54, 1.807) is 0 Å². The van der Waals surface area contributed by atoms with Gasteiger partial charge in [0, 0.05) is 18.2 Å². The van der Waals surface area contributed by atoms with Gasteiger partial charge in [0.05, 0.1) is 12.5 Å². The highest BCUT2D eigenvalue weighted by molar-refractivity contribution is 5.99. The molecule has 88 valence electrons. The first-order chi connectivity index (χ1) is 8.24. The van der Waals surface area contributed by atoms with Gasteiger partial charge in [-0.3, -0.25) is 4.79 Å². The number of nitrogens with zero attached hydrogens (tertiary/aromatic N) is 1. The Hall–Kier alpha value is -1.86. The number of nitrogens with one attached hydrogen (secondary N) is 2. The molecule has 1 amide bonds. The molecule has 4 nitrogen and oxygen atoms in total. The molecule has 1 aliphatic heterocycles. The molecule has 1 atom stereocenters. The highest BCUT2D eigenvalue weighted by Crippen LogP contribution is 2.27. The third-order valence-corrected chi connectivity index (χ3v) is 3.05. The van der Waals surface area contributed by atoms with Crippen molar-refractivity contribution in [3.8, 4) is 6.07 Å². The smallest absolute Gasteiger partial charge is 0.228 e. The number of anilines is 1. The van der Waals surface area contributed by atoms with Gasteiger partial charge in [0.1, 0.15) is 0 Å². The third kappa shape index (κ3) is 2.45. The molecule has 2 rings (SSSR count). The quantitative estimate of drug-likeness (QED) is 0.826. The van der Waals surface area contributed by atoms with Crippen LogP contribution in [0.5, 0.6) is 0 Å². The minimum absolute atomic E-state index is 0.0511. The van der Waals surface area contributed by atoms with Gasteiger partial charge in [0.2, 0.25) is 5.91 Å². The Morgan fingerprint density at radius 1 is 1.59 bits per heavy atom. The Balaban J connectivity index is 2.19. The summed E-state index contributed by atoms with van der Waals surface area (Å²) in [4.78, 5) is 11.3. The second-order valence-corrected chi connectivity index (χ2v) is 4.18. The van der Waals surface area contributed by atoms with Crippen molar-refractivity contribution in [1.82, 2.24) is 5.32 Å². The molecular weight excluding hydrogens is 214 g/mol. The van der Waals surface area contributed by atoms with Crippen LogP contribution in [-0.4, -0.2) is 13.0 Å². The molecule has 1 heterocycles. The van der Waals surface area contributed by atoms with Gasteiger partial charge in [-0.15, -0.1) is 0 Å². The second-order valence-electron chi connectivity index (χ2n) is 4.18. The van der Waals surface area contributed by atoms with E-state index in [2.05, 4.69) is 16.7 Å². The van der Waals surface area contributed by atoms with Crippen molar-refractivity contribution in [2.75, 3.05) is 12.4 Å². The average Bonchev–Trinajstić information content (AvgIpc) is 2.69. The summed E-state index contributed by atoms with van der Waals surface area (Å²) in [7, 11) is 1.89. The fourth-order valence-corrected chi connectivity index (χ4v) is 2.15. The van der Waals surface area contributed by atoms with Crippen LogP contribution in [0.1, 0.15) is 30.0 Å². The van der Waals surface area contributed by atoms with E-state index in [0.29, 0.717) is 12.8 Å². The molecule has 4 heteroatoms. The molecule has 0 bridgehead atoms. The van der Waals surface area contributed by atoms with E-state index in [4.69, 9.17) is 5.26 Å². The Morgan fingerprint density at radius 3 is 3.12 bits per heavy atom. The van der Waals surface area contributed by atoms with Crippen LogP contribution in [0.15, 0.2) is 18.2 Å². The SMILES string of the molecule is CNC(CCC#N)c1ccc2c(c1)CC(=O)N2. The van der Waals surface area contributed by atoms with Crippen molar-refractivity contribution in [3.05, 3.63) is 29.3 Å². The first kappa shape index (κ1) is 11.6. The molecule has 1 unspecified atom stereocenters. The van der Waals surface area contributed by atoms with E-state index in [0.717, 1.165) is 23.2 Å². The van der Waals surface area contributed by atoms with Gasteiger partial charge in [-0.25, -0.2) is 0 Å². The summed E-state index contributed by atoms with van der Waals surface area (Å²) in [6.07, 6.45) is 1.77. The van der Waals surface area contributed by atoms with Crippen LogP contribution in [0, 0.1) is 11.3 Å². The zero-order valence-corrected chi connectivity index (χ0v) is 9.79. The first-order valence-corrected chi connectivity index (χ1v) is 5.71. The largest absolute Gasteiger partial charge is 0.326 e. The predicted octanol–water partition coefficient (Wildman–Crippen LogP) is 1.75. The van der Waals surface area contributed by atoms with E-state index >= 15 is 0 Å². The average molecular weight is 229 g/mol. The minimum Gasteiger partial charge on any atom is -0.326 e. The molecule has 0 aliphatic carbocycles. The van der Waals surface area contributed by atoms with Crippen molar-refractivity contribution in [3.63, 3.8) is 0 Å². The standard InChI is InChI=1S/C13H15N3O/c1-15-11(3-2-6-14)9-4-5-12-10(7-9)8-13(17)16-12/h4-5,7,11,15H,2-3,8H2,1H3,(H,16,17). The third-order valence-electron chi connectivity index (χ3n) is 3.05. The van der Waals surface area contributed by atoms with Crippen LogP contribution in [0.4, 0.5) is 5.69 Å². The predicted molar refractivity (Wildman–Crippen MR) is 65.4 cm³/mol. The van der Waals surface area contributed by atoms with Gasteiger partial charge in [-0.2, -0.15) is 5.26 Å². The zero-order valence-electron chi connectivity index (χ0n) is 9.79. The summed E-state index contributed by atoms with van der Waals surface area (Å²) >= 11 is 0. The summed E-state index contributed by atoms with van der Waals surface area (Å²) in [6, 6.07) is 8.32. The van der Waals surface area contributed by atoms with Gasteiger partial charge < -0.3 is 10.6 Å². The lowest BCUT2D eigenvalue weighted by Crippen LogP contribution is -2.16. The maximum absolute atomic E-state index is 11.3. The molecule has 1 aromatic carbocycles. The number of carbonyl (C=O) groups is 1. The lowest BCUT2D eigenvalue weighted by atomic mass is 9.99. The maximum Gasteiger partial charge on any atom is 0.228 e. The fraction of sp³-hybridized carbons (Fsp3) is 0.385. The molecular formula is C13H15N3O. The topological polar surface area (TPSA) is 64.9 Å². The van der Waals surface area contributed by atoms with Crippen LogP contribution in [0.25, 0.3) is 0 Å². The van der Waals surface area contributed by atoms with E-state index in [1.165, 1.54) is 0 Å². The van der Waals surface area contributed by atoms with Gasteiger partial charge in [-0.1, -0.05) is 12.1 Å². The number of fused-ring (bicyclic) bond motifs is 1. The summed E-state index contributed by atoms with van der Waals surface area (Å²) in [5, 5.41) is 14.6. The Labute approximate surface area is 101 Å². The van der Waals surface area contributed by atoms with E-state index in [1.807, 2.05) is 25.2 Å². The van der Waals surface area contributed by atoms with Crippen molar-refractivity contribution < 1.29 is 4.79 Å². The number of benzene rings is 1. The van der Waals surface area contributed by atoms with Crippen LogP contribution >= 0.6 is 0 Å². The molecule has 2 N–H and O–H groups in total. The summed E-state index contributed by atoms with van der Waals surface area (Å²) < 4.78 is 0. The molecule has 0 radical (unpaired) electrons. The monoisotopic (exact) mass is 229 g/mol. The molecule has 0 saturated heterocycles. The minimum atomic E-state index is 0.0511. The Bertz CT molecular complexity index is 476. The van der Waals surface area contributed by atoms with E-state index < -0.39 is 0 Å². The molecule has 1 aromatic rings. The van der Waals surface area contributed by atoms with Crippen molar-refractivity contribution in [2.45, 2.75) is 25.3 Å². The summed E-state index contributed by atoms with van der Waals surface area (Å²) in [5.74, 6) is 0.0511. The highest BCUT2D eigenvalue weighted by Gasteiger charge is 2.19.